The third-order valence-corrected chi connectivity index (χ3v) is 6.52. The van der Waals surface area contributed by atoms with Crippen molar-refractivity contribution in [3.05, 3.63) is 0 Å². The molecule has 0 spiro atoms. The van der Waals surface area contributed by atoms with Crippen LogP contribution in [0.5, 0.6) is 0 Å². The van der Waals surface area contributed by atoms with Crippen LogP contribution in [0.4, 0.5) is 0 Å². The summed E-state index contributed by atoms with van der Waals surface area (Å²) in [6, 6.07) is 0. The average Bonchev–Trinajstić information content (AvgIpc) is 2.65. The zero-order chi connectivity index (χ0) is 22.0. The van der Waals surface area contributed by atoms with Crippen LogP contribution in [0.3, 0.4) is 0 Å². The Kier molecular flexibility index (Phi) is 8.62. The topological polar surface area (TPSA) is 124 Å². The van der Waals surface area contributed by atoms with E-state index in [2.05, 4.69) is 0 Å². The second kappa shape index (κ2) is 9.65. The minimum atomic E-state index is -1.74. The minimum Gasteiger partial charge on any atom is -0.462 e. The van der Waals surface area contributed by atoms with Crippen LogP contribution in [0.15, 0.2) is 0 Å². The van der Waals surface area contributed by atoms with E-state index >= 15 is 0 Å². The van der Waals surface area contributed by atoms with E-state index in [0.717, 1.165) is 0 Å². The van der Waals surface area contributed by atoms with Gasteiger partial charge >= 0.3 is 5.97 Å². The third-order valence-electron chi connectivity index (χ3n) is 6.52. The van der Waals surface area contributed by atoms with Gasteiger partial charge in [-0.15, -0.1) is 0 Å². The van der Waals surface area contributed by atoms with Gasteiger partial charge in [-0.2, -0.15) is 0 Å². The van der Waals surface area contributed by atoms with Gasteiger partial charge < -0.3 is 25.2 Å². The number of carbonyl (C=O) groups excluding carboxylic acids is 2. The number of esters is 1. The van der Waals surface area contributed by atoms with Gasteiger partial charge in [0.2, 0.25) is 0 Å². The Bertz CT molecular complexity index is 547. The molecule has 7 heteroatoms. The third kappa shape index (κ3) is 5.32. The lowest BCUT2D eigenvalue weighted by molar-refractivity contribution is -0.168. The first kappa shape index (κ1) is 25.0. The van der Waals surface area contributed by atoms with E-state index in [0.29, 0.717) is 6.42 Å². The maximum Gasteiger partial charge on any atom is 0.311 e. The number of ketones is 1. The Morgan fingerprint density at radius 2 is 1.43 bits per heavy atom. The van der Waals surface area contributed by atoms with Gasteiger partial charge in [0.25, 0.3) is 0 Å². The van der Waals surface area contributed by atoms with E-state index in [-0.39, 0.29) is 6.42 Å². The molecule has 1 fully saturated rings. The molecule has 7 nitrogen and oxygen atoms in total. The Labute approximate surface area is 168 Å². The lowest BCUT2D eigenvalue weighted by atomic mass is 9.75. The van der Waals surface area contributed by atoms with Crippen molar-refractivity contribution in [2.45, 2.75) is 91.3 Å². The molecule has 1 aliphatic rings. The first-order valence-electron chi connectivity index (χ1n) is 10.3. The van der Waals surface area contributed by atoms with Crippen molar-refractivity contribution < 1.29 is 34.8 Å². The van der Waals surface area contributed by atoms with Crippen molar-refractivity contribution in [1.82, 2.24) is 0 Å². The molecule has 0 aromatic carbocycles. The first-order chi connectivity index (χ1) is 12.8. The summed E-state index contributed by atoms with van der Waals surface area (Å²) in [5.41, 5.74) is -1.74. The van der Waals surface area contributed by atoms with Crippen LogP contribution in [0.1, 0.15) is 61.3 Å². The highest BCUT2D eigenvalue weighted by Gasteiger charge is 2.44. The summed E-state index contributed by atoms with van der Waals surface area (Å²) in [5, 5.41) is 42.7. The van der Waals surface area contributed by atoms with Gasteiger partial charge in [-0.05, 0) is 32.6 Å². The fourth-order valence-corrected chi connectivity index (χ4v) is 4.30. The van der Waals surface area contributed by atoms with Gasteiger partial charge in [-0.25, -0.2) is 0 Å². The number of ether oxygens (including phenoxy) is 1. The Balaban J connectivity index is 3.32. The van der Waals surface area contributed by atoms with Crippen molar-refractivity contribution in [1.29, 1.82) is 0 Å². The van der Waals surface area contributed by atoms with Gasteiger partial charge in [0.15, 0.2) is 5.78 Å². The van der Waals surface area contributed by atoms with Gasteiger partial charge in [-0.3, -0.25) is 9.59 Å². The summed E-state index contributed by atoms with van der Waals surface area (Å²) >= 11 is 0. The normalized spacial score (nSPS) is 47.3. The number of cyclic esters (lactones) is 1. The fourth-order valence-electron chi connectivity index (χ4n) is 4.30. The number of rotatable bonds is 1. The zero-order valence-corrected chi connectivity index (χ0v) is 18.1. The van der Waals surface area contributed by atoms with Gasteiger partial charge in [0, 0.05) is 17.8 Å². The van der Waals surface area contributed by atoms with Crippen molar-refractivity contribution in [3.63, 3.8) is 0 Å². The molecule has 0 aromatic rings. The Morgan fingerprint density at radius 3 is 1.93 bits per heavy atom. The molecule has 10 atom stereocenters. The van der Waals surface area contributed by atoms with Crippen LogP contribution in [0.2, 0.25) is 0 Å². The van der Waals surface area contributed by atoms with E-state index < -0.39 is 71.4 Å². The van der Waals surface area contributed by atoms with E-state index in [1.807, 2.05) is 6.92 Å². The highest BCUT2D eigenvalue weighted by molar-refractivity contribution is 5.89. The fraction of sp³-hybridized carbons (Fsp3) is 0.905. The quantitative estimate of drug-likeness (QED) is 0.487. The van der Waals surface area contributed by atoms with Crippen LogP contribution in [0.25, 0.3) is 0 Å². The highest BCUT2D eigenvalue weighted by Crippen LogP contribution is 2.32. The van der Waals surface area contributed by atoms with Crippen LogP contribution < -0.4 is 0 Å². The number of carbonyl (C=O) groups is 2. The predicted molar refractivity (Wildman–Crippen MR) is 104 cm³/mol. The van der Waals surface area contributed by atoms with Crippen LogP contribution >= 0.6 is 0 Å². The molecule has 164 valence electrons. The summed E-state index contributed by atoms with van der Waals surface area (Å²) in [5.74, 6) is -4.56. The first-order valence-corrected chi connectivity index (χ1v) is 10.3. The van der Waals surface area contributed by atoms with Crippen molar-refractivity contribution in [2.75, 3.05) is 0 Å². The summed E-state index contributed by atoms with van der Waals surface area (Å²) in [6.45, 7) is 11.3. The van der Waals surface area contributed by atoms with E-state index in [4.69, 9.17) is 4.74 Å². The monoisotopic (exact) mass is 402 g/mol. The SMILES string of the molecule is CC[C@H]1OC(=O)[C@H](C)[C@@H](O)[C@H](C)[C@@H](O)[C@@H](C)C[C@](C)(O)C(=O)[C@H](C)[C@@H](O)[C@H]1C. The second-order valence-electron chi connectivity index (χ2n) is 8.97. The predicted octanol–water partition coefficient (Wildman–Crippen LogP) is 1.30. The van der Waals surface area contributed by atoms with E-state index in [1.165, 1.54) is 6.92 Å². The van der Waals surface area contributed by atoms with Crippen molar-refractivity contribution in [3.8, 4) is 0 Å². The summed E-state index contributed by atoms with van der Waals surface area (Å²) < 4.78 is 5.54. The zero-order valence-electron chi connectivity index (χ0n) is 18.1. The number of Topliss-reactive ketones (excluding diaryl/α,β-unsaturated/α-hetero) is 1. The lowest BCUT2D eigenvalue weighted by Gasteiger charge is -2.38. The van der Waals surface area contributed by atoms with Gasteiger partial charge in [0.1, 0.15) is 11.7 Å². The molecule has 4 N–H and O–H groups in total. The van der Waals surface area contributed by atoms with Crippen LogP contribution in [0, 0.1) is 29.6 Å². The number of hydrogen-bond donors (Lipinski definition) is 4. The number of aliphatic hydroxyl groups excluding tert-OH is 3. The molecule has 1 saturated heterocycles. The molecule has 0 bridgehead atoms. The number of aliphatic hydroxyl groups is 4. The molecule has 28 heavy (non-hydrogen) atoms. The Hall–Kier alpha value is -1.02. The van der Waals surface area contributed by atoms with E-state index in [9.17, 15) is 30.0 Å². The number of hydrogen-bond acceptors (Lipinski definition) is 7. The standard InChI is InChI=1S/C21H38O7/c1-8-15-11(3)17(23)13(5)19(25)21(7,27)9-10(2)16(22)12(4)18(24)14(6)20(26)28-15/h10-18,22-24,27H,8-9H2,1-7H3/t10-,11-,12+,13+,14+,15+,16-,17-,18-,21-/m0/s1. The highest BCUT2D eigenvalue weighted by atomic mass is 16.5. The largest absolute Gasteiger partial charge is 0.462 e. The molecule has 1 heterocycles. The molecular weight excluding hydrogens is 364 g/mol. The molecule has 1 aliphatic heterocycles. The maximum absolute atomic E-state index is 12.9. The summed E-state index contributed by atoms with van der Waals surface area (Å²) in [7, 11) is 0. The molecule has 1 rings (SSSR count). The molecule has 0 saturated carbocycles. The molecule has 0 aliphatic carbocycles. The molecule has 0 unspecified atom stereocenters. The van der Waals surface area contributed by atoms with Crippen LogP contribution in [-0.4, -0.2) is 62.2 Å². The maximum atomic E-state index is 12.9. The molecule has 0 aromatic heterocycles. The Morgan fingerprint density at radius 1 is 0.929 bits per heavy atom. The lowest BCUT2D eigenvalue weighted by Crippen LogP contribution is -2.50. The molecular formula is C21H38O7. The average molecular weight is 403 g/mol. The van der Waals surface area contributed by atoms with E-state index in [1.54, 1.807) is 34.6 Å². The smallest absolute Gasteiger partial charge is 0.311 e. The van der Waals surface area contributed by atoms with Crippen molar-refractivity contribution >= 4 is 11.8 Å². The van der Waals surface area contributed by atoms with Crippen molar-refractivity contribution in [2.24, 2.45) is 29.6 Å². The summed E-state index contributed by atoms with van der Waals surface area (Å²) in [6.07, 6.45) is -3.53. The molecule has 0 amide bonds. The molecule has 0 radical (unpaired) electrons. The van der Waals surface area contributed by atoms with Crippen LogP contribution in [-0.2, 0) is 14.3 Å². The van der Waals surface area contributed by atoms with Gasteiger partial charge in [-0.1, -0.05) is 34.6 Å². The summed E-state index contributed by atoms with van der Waals surface area (Å²) in [4.78, 5) is 25.4. The second-order valence-corrected chi connectivity index (χ2v) is 8.97. The minimum absolute atomic E-state index is 0.0223. The van der Waals surface area contributed by atoms with Gasteiger partial charge in [0.05, 0.1) is 24.2 Å².